The Kier molecular flexibility index (Phi) is 6.93. The van der Waals surface area contributed by atoms with E-state index in [-0.39, 0.29) is 0 Å². The van der Waals surface area contributed by atoms with E-state index < -0.39 is 0 Å². The van der Waals surface area contributed by atoms with Crippen LogP contribution in [0.2, 0.25) is 0 Å². The van der Waals surface area contributed by atoms with Crippen LogP contribution in [0.25, 0.3) is 0 Å². The van der Waals surface area contributed by atoms with Crippen LogP contribution in [0.4, 0.5) is 0 Å². The van der Waals surface area contributed by atoms with Crippen molar-refractivity contribution in [1.29, 1.82) is 0 Å². The first-order valence-corrected chi connectivity index (χ1v) is 8.46. The molecule has 114 valence electrons. The average Bonchev–Trinajstić information content (AvgIpc) is 3.01. The van der Waals surface area contributed by atoms with Crippen LogP contribution in [0.1, 0.15) is 28.3 Å². The van der Waals surface area contributed by atoms with Gasteiger partial charge in [-0.3, -0.25) is 0 Å². The monoisotopic (exact) mass is 303 g/mol. The third-order valence-corrected chi connectivity index (χ3v) is 4.68. The molecular formula is C18H25NOS. The Labute approximate surface area is 132 Å². The van der Waals surface area contributed by atoms with Crippen molar-refractivity contribution >= 4 is 11.3 Å². The largest absolute Gasteiger partial charge is 0.383 e. The van der Waals surface area contributed by atoms with Crippen molar-refractivity contribution in [2.45, 2.75) is 25.7 Å². The van der Waals surface area contributed by atoms with Crippen LogP contribution in [0.5, 0.6) is 0 Å². The normalized spacial score (nSPS) is 12.5. The quantitative estimate of drug-likeness (QED) is 0.707. The zero-order valence-corrected chi connectivity index (χ0v) is 13.8. The molecule has 0 saturated carbocycles. The van der Waals surface area contributed by atoms with Crippen LogP contribution < -0.4 is 5.32 Å². The van der Waals surface area contributed by atoms with Crippen molar-refractivity contribution in [1.82, 2.24) is 5.32 Å². The van der Waals surface area contributed by atoms with Crippen LogP contribution >= 0.6 is 11.3 Å². The number of ether oxygens (including phenoxy) is 1. The highest BCUT2D eigenvalue weighted by Crippen LogP contribution is 2.23. The lowest BCUT2D eigenvalue weighted by molar-refractivity contribution is 0.199. The second kappa shape index (κ2) is 8.98. The predicted molar refractivity (Wildman–Crippen MR) is 91.3 cm³/mol. The first-order valence-electron chi connectivity index (χ1n) is 7.58. The zero-order valence-electron chi connectivity index (χ0n) is 13.0. The molecule has 1 aromatic carbocycles. The molecule has 21 heavy (non-hydrogen) atoms. The highest BCUT2D eigenvalue weighted by Gasteiger charge is 2.11. The summed E-state index contributed by atoms with van der Waals surface area (Å²) in [7, 11) is 1.75. The van der Waals surface area contributed by atoms with Crippen LogP contribution in [0, 0.1) is 6.92 Å². The predicted octanol–water partition coefficient (Wildman–Crippen LogP) is 4.01. The number of thiophene rings is 1. The molecule has 2 nitrogen and oxygen atoms in total. The van der Waals surface area contributed by atoms with E-state index >= 15 is 0 Å². The summed E-state index contributed by atoms with van der Waals surface area (Å²) < 4.78 is 5.10. The number of hydrogen-bond donors (Lipinski definition) is 1. The fraction of sp³-hybridized carbons (Fsp3) is 0.444. The van der Waals surface area contributed by atoms with Crippen molar-refractivity contribution in [3.8, 4) is 0 Å². The number of hydrogen-bond acceptors (Lipinski definition) is 3. The molecule has 1 heterocycles. The first-order chi connectivity index (χ1) is 10.3. The second-order valence-electron chi connectivity index (χ2n) is 5.42. The molecule has 0 aliphatic carbocycles. The van der Waals surface area contributed by atoms with Gasteiger partial charge in [0.25, 0.3) is 0 Å². The number of benzene rings is 1. The summed E-state index contributed by atoms with van der Waals surface area (Å²) in [5.41, 5.74) is 2.75. The Morgan fingerprint density at radius 1 is 1.19 bits per heavy atom. The number of aryl methyl sites for hydroxylation is 2. The van der Waals surface area contributed by atoms with E-state index in [4.69, 9.17) is 4.74 Å². The van der Waals surface area contributed by atoms with Crippen molar-refractivity contribution in [2.75, 3.05) is 26.8 Å². The second-order valence-corrected chi connectivity index (χ2v) is 6.45. The van der Waals surface area contributed by atoms with E-state index in [9.17, 15) is 0 Å². The standard InChI is InChI=1S/C18H25NOS/c1-15-5-7-16(8-6-15)17(14-19-11-12-20-2)9-10-18-4-3-13-21-18/h3-8,13,17,19H,9-12,14H2,1-2H3. The minimum absolute atomic E-state index is 0.560. The van der Waals surface area contributed by atoms with Gasteiger partial charge in [-0.1, -0.05) is 35.9 Å². The molecular weight excluding hydrogens is 278 g/mol. The molecule has 0 aliphatic rings. The first kappa shape index (κ1) is 16.2. The van der Waals surface area contributed by atoms with Crippen LogP contribution in [0.15, 0.2) is 41.8 Å². The highest BCUT2D eigenvalue weighted by atomic mass is 32.1. The Balaban J connectivity index is 1.93. The molecule has 2 aromatic rings. The summed E-state index contributed by atoms with van der Waals surface area (Å²) >= 11 is 1.85. The topological polar surface area (TPSA) is 21.3 Å². The van der Waals surface area contributed by atoms with Gasteiger partial charge in [0.15, 0.2) is 0 Å². The summed E-state index contributed by atoms with van der Waals surface area (Å²) in [5, 5.41) is 5.67. The molecule has 0 radical (unpaired) electrons. The van der Waals surface area contributed by atoms with Gasteiger partial charge in [-0.05, 0) is 42.7 Å². The number of methoxy groups -OCH3 is 1. The maximum atomic E-state index is 5.10. The molecule has 1 N–H and O–H groups in total. The van der Waals surface area contributed by atoms with Gasteiger partial charge < -0.3 is 10.1 Å². The molecule has 0 spiro atoms. The van der Waals surface area contributed by atoms with Gasteiger partial charge in [0, 0.05) is 25.1 Å². The van der Waals surface area contributed by atoms with Gasteiger partial charge in [0.2, 0.25) is 0 Å². The lowest BCUT2D eigenvalue weighted by Gasteiger charge is -2.18. The van der Waals surface area contributed by atoms with Gasteiger partial charge in [0.05, 0.1) is 6.61 Å². The van der Waals surface area contributed by atoms with E-state index in [0.717, 1.165) is 26.1 Å². The summed E-state index contributed by atoms with van der Waals surface area (Å²) in [6.07, 6.45) is 2.34. The Hall–Kier alpha value is -1.16. The smallest absolute Gasteiger partial charge is 0.0587 e. The van der Waals surface area contributed by atoms with Crippen molar-refractivity contribution in [3.63, 3.8) is 0 Å². The Morgan fingerprint density at radius 2 is 2.00 bits per heavy atom. The summed E-state index contributed by atoms with van der Waals surface area (Å²) in [4.78, 5) is 1.48. The lowest BCUT2D eigenvalue weighted by atomic mass is 9.93. The molecule has 0 aliphatic heterocycles. The van der Waals surface area contributed by atoms with E-state index in [2.05, 4.69) is 54.0 Å². The lowest BCUT2D eigenvalue weighted by Crippen LogP contribution is -2.25. The molecule has 1 aromatic heterocycles. The molecule has 0 fully saturated rings. The van der Waals surface area contributed by atoms with E-state index in [1.807, 2.05) is 11.3 Å². The fourth-order valence-corrected chi connectivity index (χ4v) is 3.17. The molecule has 0 amide bonds. The van der Waals surface area contributed by atoms with Gasteiger partial charge in [-0.25, -0.2) is 0 Å². The van der Waals surface area contributed by atoms with Gasteiger partial charge >= 0.3 is 0 Å². The van der Waals surface area contributed by atoms with Crippen LogP contribution in [-0.4, -0.2) is 26.8 Å². The summed E-state index contributed by atoms with van der Waals surface area (Å²) in [6, 6.07) is 13.3. The molecule has 0 bridgehead atoms. The number of rotatable bonds is 9. The summed E-state index contributed by atoms with van der Waals surface area (Å²) in [5.74, 6) is 0.560. The van der Waals surface area contributed by atoms with E-state index in [1.54, 1.807) is 7.11 Å². The van der Waals surface area contributed by atoms with E-state index in [0.29, 0.717) is 5.92 Å². The van der Waals surface area contributed by atoms with Crippen LogP contribution in [-0.2, 0) is 11.2 Å². The maximum Gasteiger partial charge on any atom is 0.0587 e. The SMILES string of the molecule is COCCNCC(CCc1cccs1)c1ccc(C)cc1. The molecule has 0 saturated heterocycles. The fourth-order valence-electron chi connectivity index (χ4n) is 2.45. The summed E-state index contributed by atoms with van der Waals surface area (Å²) in [6.45, 7) is 4.84. The number of nitrogens with one attached hydrogen (secondary N) is 1. The highest BCUT2D eigenvalue weighted by molar-refractivity contribution is 7.09. The molecule has 2 rings (SSSR count). The van der Waals surface area contributed by atoms with Gasteiger partial charge in [-0.15, -0.1) is 11.3 Å². The minimum Gasteiger partial charge on any atom is -0.383 e. The van der Waals surface area contributed by atoms with Crippen LogP contribution in [0.3, 0.4) is 0 Å². The Morgan fingerprint density at radius 3 is 2.67 bits per heavy atom. The molecule has 1 unspecified atom stereocenters. The minimum atomic E-state index is 0.560. The van der Waals surface area contributed by atoms with Crippen molar-refractivity contribution in [3.05, 3.63) is 57.8 Å². The van der Waals surface area contributed by atoms with E-state index in [1.165, 1.54) is 22.4 Å². The molecule has 1 atom stereocenters. The van der Waals surface area contributed by atoms with Crippen molar-refractivity contribution < 1.29 is 4.74 Å². The third kappa shape index (κ3) is 5.62. The zero-order chi connectivity index (χ0) is 14.9. The van der Waals surface area contributed by atoms with Crippen molar-refractivity contribution in [2.24, 2.45) is 0 Å². The Bertz CT molecular complexity index is 492. The third-order valence-electron chi connectivity index (χ3n) is 3.74. The average molecular weight is 303 g/mol. The maximum absolute atomic E-state index is 5.10. The molecule has 3 heteroatoms. The van der Waals surface area contributed by atoms with Gasteiger partial charge in [0.1, 0.15) is 0 Å². The van der Waals surface area contributed by atoms with Gasteiger partial charge in [-0.2, -0.15) is 0 Å².